The van der Waals surface area contributed by atoms with Crippen molar-refractivity contribution >= 4 is 30.7 Å². The third-order valence-electron chi connectivity index (χ3n) is 4.59. The Hall–Kier alpha value is -0.810. The maximum atomic E-state index is 12.8. The number of carbonyl (C=O) groups is 1. The van der Waals surface area contributed by atoms with Crippen molar-refractivity contribution < 1.29 is 4.79 Å². The molecule has 0 aliphatic heterocycles. The quantitative estimate of drug-likeness (QED) is 0.818. The number of hydrogen-bond donors (Lipinski definition) is 2. The van der Waals surface area contributed by atoms with Crippen molar-refractivity contribution in [1.82, 2.24) is 10.2 Å². The van der Waals surface area contributed by atoms with E-state index in [1.807, 2.05) is 37.4 Å². The monoisotopic (exact) mass is 361 g/mol. The zero-order chi connectivity index (χ0) is 15.2. The van der Waals surface area contributed by atoms with Gasteiger partial charge in [0.2, 0.25) is 5.91 Å². The number of amides is 1. The number of likely N-dealkylation sites (N-methyl/N-ethyl adjacent to an activating group) is 1. The van der Waals surface area contributed by atoms with Gasteiger partial charge in [0.05, 0.1) is 0 Å². The van der Waals surface area contributed by atoms with Crippen LogP contribution in [0.5, 0.6) is 0 Å². The molecule has 1 aromatic carbocycles. The largest absolute Gasteiger partial charge is 0.351 e. The summed E-state index contributed by atoms with van der Waals surface area (Å²) in [6.07, 6.45) is 3.33. The fourth-order valence-corrected chi connectivity index (χ4v) is 3.19. The Morgan fingerprint density at radius 1 is 1.30 bits per heavy atom. The number of carbonyl (C=O) groups excluding carboxylic acids is 1. The zero-order valence-corrected chi connectivity index (χ0v) is 15.5. The number of halogens is 2. The van der Waals surface area contributed by atoms with Crippen molar-refractivity contribution in [2.24, 2.45) is 11.7 Å². The highest BCUT2D eigenvalue weighted by atomic mass is 35.5. The molecule has 0 radical (unpaired) electrons. The lowest BCUT2D eigenvalue weighted by Crippen LogP contribution is -2.45. The van der Waals surface area contributed by atoms with Crippen LogP contribution in [0.25, 0.3) is 0 Å². The van der Waals surface area contributed by atoms with Crippen LogP contribution in [0.1, 0.15) is 37.8 Å². The average Bonchev–Trinajstić information content (AvgIpc) is 2.95. The molecule has 1 saturated carbocycles. The lowest BCUT2D eigenvalue weighted by atomic mass is 10.0. The molecular formula is C17H29Cl2N3O. The van der Waals surface area contributed by atoms with Gasteiger partial charge in [0.25, 0.3) is 0 Å². The molecular weight excluding hydrogens is 333 g/mol. The van der Waals surface area contributed by atoms with Crippen LogP contribution in [0.4, 0.5) is 0 Å². The van der Waals surface area contributed by atoms with E-state index in [0.29, 0.717) is 12.5 Å². The van der Waals surface area contributed by atoms with Gasteiger partial charge in [-0.05, 0) is 44.5 Å². The first-order valence-corrected chi connectivity index (χ1v) is 7.93. The van der Waals surface area contributed by atoms with E-state index >= 15 is 0 Å². The molecule has 132 valence electrons. The summed E-state index contributed by atoms with van der Waals surface area (Å²) >= 11 is 0. The van der Waals surface area contributed by atoms with Crippen LogP contribution < -0.4 is 11.1 Å². The Kier molecular flexibility index (Phi) is 10.5. The molecule has 23 heavy (non-hydrogen) atoms. The summed E-state index contributed by atoms with van der Waals surface area (Å²) in [5, 5.41) is 3.23. The topological polar surface area (TPSA) is 58.4 Å². The van der Waals surface area contributed by atoms with E-state index in [1.165, 1.54) is 0 Å². The van der Waals surface area contributed by atoms with E-state index in [4.69, 9.17) is 5.73 Å². The standard InChI is InChI=1S/C17H27N3O.2ClH/c1-3-20(2)16(13-8-5-4-6-9-13)17(21)19-15-11-7-10-14(15)12-18;;/h4-6,8-9,14-16H,3,7,10-12,18H2,1-2H3,(H,19,21);2*1H. The van der Waals surface area contributed by atoms with Crippen LogP contribution in [0, 0.1) is 5.92 Å². The molecule has 1 fully saturated rings. The smallest absolute Gasteiger partial charge is 0.242 e. The highest BCUT2D eigenvalue weighted by Gasteiger charge is 2.31. The van der Waals surface area contributed by atoms with Gasteiger partial charge in [-0.1, -0.05) is 43.7 Å². The predicted molar refractivity (Wildman–Crippen MR) is 100 cm³/mol. The molecule has 3 unspecified atom stereocenters. The first-order chi connectivity index (χ1) is 10.2. The first kappa shape index (κ1) is 22.2. The van der Waals surface area contributed by atoms with Gasteiger partial charge in [0.1, 0.15) is 6.04 Å². The lowest BCUT2D eigenvalue weighted by Gasteiger charge is -2.29. The highest BCUT2D eigenvalue weighted by molar-refractivity contribution is 5.85. The Morgan fingerprint density at radius 2 is 1.96 bits per heavy atom. The van der Waals surface area contributed by atoms with Gasteiger partial charge >= 0.3 is 0 Å². The SMILES string of the molecule is CCN(C)C(C(=O)NC1CCCC1CN)c1ccccc1.Cl.Cl. The second-order valence-corrected chi connectivity index (χ2v) is 5.93. The number of benzene rings is 1. The number of nitrogens with one attached hydrogen (secondary N) is 1. The molecule has 3 N–H and O–H groups in total. The molecule has 2 rings (SSSR count). The summed E-state index contributed by atoms with van der Waals surface area (Å²) in [5.74, 6) is 0.521. The molecule has 0 saturated heterocycles. The Morgan fingerprint density at radius 3 is 2.52 bits per heavy atom. The maximum absolute atomic E-state index is 12.8. The molecule has 1 aliphatic carbocycles. The van der Waals surface area contributed by atoms with Crippen LogP contribution in [-0.4, -0.2) is 37.0 Å². The van der Waals surface area contributed by atoms with E-state index in [0.717, 1.165) is 31.4 Å². The van der Waals surface area contributed by atoms with Crippen molar-refractivity contribution in [3.63, 3.8) is 0 Å². The molecule has 0 heterocycles. The van der Waals surface area contributed by atoms with Crippen molar-refractivity contribution in [2.45, 2.75) is 38.3 Å². The summed E-state index contributed by atoms with van der Waals surface area (Å²) in [6.45, 7) is 3.56. The number of rotatable bonds is 6. The molecule has 1 aromatic rings. The van der Waals surface area contributed by atoms with Crippen LogP contribution in [0.15, 0.2) is 30.3 Å². The van der Waals surface area contributed by atoms with E-state index in [2.05, 4.69) is 17.1 Å². The van der Waals surface area contributed by atoms with Gasteiger partial charge in [0.15, 0.2) is 0 Å². The van der Waals surface area contributed by atoms with E-state index in [-0.39, 0.29) is 42.8 Å². The van der Waals surface area contributed by atoms with Crippen molar-refractivity contribution in [3.8, 4) is 0 Å². The van der Waals surface area contributed by atoms with Gasteiger partial charge < -0.3 is 11.1 Å². The molecule has 0 spiro atoms. The molecule has 1 aliphatic rings. The molecule has 0 aromatic heterocycles. The number of hydrogen-bond acceptors (Lipinski definition) is 3. The zero-order valence-electron chi connectivity index (χ0n) is 13.9. The molecule has 1 amide bonds. The third-order valence-corrected chi connectivity index (χ3v) is 4.59. The Bertz CT molecular complexity index is 458. The van der Waals surface area contributed by atoms with Gasteiger partial charge in [-0.25, -0.2) is 0 Å². The first-order valence-electron chi connectivity index (χ1n) is 7.93. The van der Waals surface area contributed by atoms with E-state index in [1.54, 1.807) is 0 Å². The van der Waals surface area contributed by atoms with Gasteiger partial charge in [-0.15, -0.1) is 24.8 Å². The minimum atomic E-state index is -0.227. The second kappa shape index (κ2) is 10.9. The maximum Gasteiger partial charge on any atom is 0.242 e. The third kappa shape index (κ3) is 5.64. The minimum Gasteiger partial charge on any atom is -0.351 e. The summed E-state index contributed by atoms with van der Waals surface area (Å²) < 4.78 is 0. The summed E-state index contributed by atoms with van der Waals surface area (Å²) in [5.41, 5.74) is 6.85. The second-order valence-electron chi connectivity index (χ2n) is 5.93. The Labute approximate surface area is 152 Å². The summed E-state index contributed by atoms with van der Waals surface area (Å²) in [6, 6.07) is 9.99. The van der Waals surface area contributed by atoms with Crippen LogP contribution in [0.2, 0.25) is 0 Å². The van der Waals surface area contributed by atoms with Crippen molar-refractivity contribution in [3.05, 3.63) is 35.9 Å². The fourth-order valence-electron chi connectivity index (χ4n) is 3.19. The number of nitrogens with zero attached hydrogens (tertiary/aromatic N) is 1. The van der Waals surface area contributed by atoms with Crippen LogP contribution in [-0.2, 0) is 4.79 Å². The highest BCUT2D eigenvalue weighted by Crippen LogP contribution is 2.26. The van der Waals surface area contributed by atoms with Gasteiger partial charge in [-0.2, -0.15) is 0 Å². The van der Waals surface area contributed by atoms with E-state index in [9.17, 15) is 4.79 Å². The van der Waals surface area contributed by atoms with Crippen molar-refractivity contribution in [2.75, 3.05) is 20.1 Å². The van der Waals surface area contributed by atoms with E-state index < -0.39 is 0 Å². The van der Waals surface area contributed by atoms with Gasteiger partial charge in [0, 0.05) is 6.04 Å². The fraction of sp³-hybridized carbons (Fsp3) is 0.588. The normalized spacial score (nSPS) is 21.2. The molecule has 3 atom stereocenters. The average molecular weight is 362 g/mol. The van der Waals surface area contributed by atoms with Crippen LogP contribution in [0.3, 0.4) is 0 Å². The van der Waals surface area contributed by atoms with Crippen LogP contribution >= 0.6 is 24.8 Å². The summed E-state index contributed by atoms with van der Waals surface area (Å²) in [4.78, 5) is 14.8. The molecule has 6 heteroatoms. The van der Waals surface area contributed by atoms with Gasteiger partial charge in [-0.3, -0.25) is 9.69 Å². The molecule has 4 nitrogen and oxygen atoms in total. The predicted octanol–water partition coefficient (Wildman–Crippen LogP) is 2.77. The summed E-state index contributed by atoms with van der Waals surface area (Å²) in [7, 11) is 1.99. The number of nitrogens with two attached hydrogens (primary N) is 1. The lowest BCUT2D eigenvalue weighted by molar-refractivity contribution is -0.127. The van der Waals surface area contributed by atoms with Crippen molar-refractivity contribution in [1.29, 1.82) is 0 Å². The minimum absolute atomic E-state index is 0. The Balaban J connectivity index is 0.00000242. The molecule has 0 bridgehead atoms.